The Labute approximate surface area is 109 Å². The van der Waals surface area contributed by atoms with Crippen LogP contribution in [0.1, 0.15) is 26.2 Å². The van der Waals surface area contributed by atoms with Crippen LogP contribution >= 0.6 is 12.4 Å². The summed E-state index contributed by atoms with van der Waals surface area (Å²) >= 11 is 0. The van der Waals surface area contributed by atoms with Gasteiger partial charge in [0.1, 0.15) is 0 Å². The van der Waals surface area contributed by atoms with Crippen molar-refractivity contribution in [3.63, 3.8) is 0 Å². The molecule has 2 N–H and O–H groups in total. The fraction of sp³-hybridized carbons (Fsp3) is 0.917. The van der Waals surface area contributed by atoms with Crippen LogP contribution in [0.4, 0.5) is 0 Å². The molecule has 4 nitrogen and oxygen atoms in total. The van der Waals surface area contributed by atoms with E-state index in [1.165, 1.54) is 0 Å². The molecule has 100 valence electrons. The van der Waals surface area contributed by atoms with Gasteiger partial charge in [0.25, 0.3) is 0 Å². The van der Waals surface area contributed by atoms with E-state index in [0.717, 1.165) is 32.4 Å². The first-order valence-corrected chi connectivity index (χ1v) is 6.33. The standard InChI is InChI=1S/C12H22N2O2.ClH/c1-9-8-14(5-6-16-9)12(15)11-4-2-3-10(11)7-13;/h9-11H,2-8,13H2,1H3;1H/t9?,10-,11-;/m1./s1. The second-order valence-corrected chi connectivity index (χ2v) is 5.00. The van der Waals surface area contributed by atoms with Gasteiger partial charge in [0, 0.05) is 19.0 Å². The fourth-order valence-corrected chi connectivity index (χ4v) is 2.90. The van der Waals surface area contributed by atoms with E-state index in [1.54, 1.807) is 0 Å². The summed E-state index contributed by atoms with van der Waals surface area (Å²) in [7, 11) is 0. The molecule has 1 saturated heterocycles. The Kier molecular flexibility index (Phi) is 5.70. The number of halogens is 1. The molecule has 2 fully saturated rings. The van der Waals surface area contributed by atoms with Crippen LogP contribution in [0.5, 0.6) is 0 Å². The molecule has 2 aliphatic rings. The number of carbonyl (C=O) groups excluding carboxylic acids is 1. The van der Waals surface area contributed by atoms with Gasteiger partial charge >= 0.3 is 0 Å². The molecular formula is C12H23ClN2O2. The van der Waals surface area contributed by atoms with Gasteiger partial charge in [-0.2, -0.15) is 0 Å². The molecule has 1 amide bonds. The number of carbonyl (C=O) groups is 1. The summed E-state index contributed by atoms with van der Waals surface area (Å²) in [6.07, 6.45) is 3.47. The maximum absolute atomic E-state index is 12.3. The minimum atomic E-state index is 0. The number of amides is 1. The first-order chi connectivity index (χ1) is 7.72. The van der Waals surface area contributed by atoms with Crippen molar-refractivity contribution in [1.82, 2.24) is 4.90 Å². The Morgan fingerprint density at radius 2 is 2.24 bits per heavy atom. The third-order valence-electron chi connectivity index (χ3n) is 3.83. The highest BCUT2D eigenvalue weighted by atomic mass is 35.5. The van der Waals surface area contributed by atoms with Crippen LogP contribution in [0.3, 0.4) is 0 Å². The summed E-state index contributed by atoms with van der Waals surface area (Å²) in [6, 6.07) is 0. The lowest BCUT2D eigenvalue weighted by molar-refractivity contribution is -0.143. The second kappa shape index (κ2) is 6.57. The molecular weight excluding hydrogens is 240 g/mol. The van der Waals surface area contributed by atoms with Crippen LogP contribution in [0, 0.1) is 11.8 Å². The molecule has 0 bridgehead atoms. The van der Waals surface area contributed by atoms with E-state index in [1.807, 2.05) is 11.8 Å². The van der Waals surface area contributed by atoms with Gasteiger partial charge in [-0.1, -0.05) is 6.42 Å². The first kappa shape index (κ1) is 14.7. The summed E-state index contributed by atoms with van der Waals surface area (Å²) in [6.45, 7) is 4.83. The number of hydrogen-bond donors (Lipinski definition) is 1. The molecule has 0 aromatic rings. The zero-order valence-electron chi connectivity index (χ0n) is 10.4. The second-order valence-electron chi connectivity index (χ2n) is 5.00. The predicted octanol–water partition coefficient (Wildman–Crippen LogP) is 1.03. The number of rotatable bonds is 2. The molecule has 3 atom stereocenters. The number of morpholine rings is 1. The lowest BCUT2D eigenvalue weighted by Gasteiger charge is -2.34. The minimum Gasteiger partial charge on any atom is -0.375 e. The normalized spacial score (nSPS) is 33.3. The molecule has 2 rings (SSSR count). The van der Waals surface area contributed by atoms with Gasteiger partial charge < -0.3 is 15.4 Å². The molecule has 1 saturated carbocycles. The number of hydrogen-bond acceptors (Lipinski definition) is 3. The van der Waals surface area contributed by atoms with E-state index in [4.69, 9.17) is 10.5 Å². The van der Waals surface area contributed by atoms with Crippen LogP contribution in [0.2, 0.25) is 0 Å². The van der Waals surface area contributed by atoms with E-state index in [9.17, 15) is 4.79 Å². The summed E-state index contributed by atoms with van der Waals surface area (Å²) in [4.78, 5) is 14.3. The van der Waals surface area contributed by atoms with Crippen molar-refractivity contribution in [2.24, 2.45) is 17.6 Å². The molecule has 0 aromatic heterocycles. The minimum absolute atomic E-state index is 0. The molecule has 1 aliphatic heterocycles. The molecule has 1 unspecified atom stereocenters. The summed E-state index contributed by atoms with van der Waals surface area (Å²) in [5.74, 6) is 0.893. The summed E-state index contributed by atoms with van der Waals surface area (Å²) < 4.78 is 5.46. The monoisotopic (exact) mass is 262 g/mol. The summed E-state index contributed by atoms with van der Waals surface area (Å²) in [5.41, 5.74) is 5.72. The zero-order chi connectivity index (χ0) is 11.5. The molecule has 1 aliphatic carbocycles. The average Bonchev–Trinajstić information content (AvgIpc) is 2.76. The van der Waals surface area contributed by atoms with Gasteiger partial charge in [-0.25, -0.2) is 0 Å². The smallest absolute Gasteiger partial charge is 0.226 e. The number of ether oxygens (including phenoxy) is 1. The van der Waals surface area contributed by atoms with E-state index < -0.39 is 0 Å². The van der Waals surface area contributed by atoms with Crippen molar-refractivity contribution in [1.29, 1.82) is 0 Å². The number of nitrogens with two attached hydrogens (primary N) is 1. The molecule has 1 heterocycles. The predicted molar refractivity (Wildman–Crippen MR) is 69.1 cm³/mol. The van der Waals surface area contributed by atoms with Crippen LogP contribution in [0.25, 0.3) is 0 Å². The van der Waals surface area contributed by atoms with Crippen LogP contribution < -0.4 is 5.73 Å². The quantitative estimate of drug-likeness (QED) is 0.809. The van der Waals surface area contributed by atoms with Gasteiger partial charge in [0.05, 0.1) is 12.7 Å². The van der Waals surface area contributed by atoms with Crippen LogP contribution in [-0.2, 0) is 9.53 Å². The van der Waals surface area contributed by atoms with Crippen LogP contribution in [-0.4, -0.2) is 43.2 Å². The van der Waals surface area contributed by atoms with Crippen molar-refractivity contribution in [2.45, 2.75) is 32.3 Å². The maximum Gasteiger partial charge on any atom is 0.226 e. The molecule has 17 heavy (non-hydrogen) atoms. The Bertz CT molecular complexity index is 263. The highest BCUT2D eigenvalue weighted by molar-refractivity contribution is 5.85. The third kappa shape index (κ3) is 3.33. The van der Waals surface area contributed by atoms with Gasteiger partial charge in [0.15, 0.2) is 0 Å². The molecule has 0 spiro atoms. The fourth-order valence-electron chi connectivity index (χ4n) is 2.90. The highest BCUT2D eigenvalue weighted by Gasteiger charge is 2.35. The van der Waals surface area contributed by atoms with Crippen molar-refractivity contribution >= 4 is 18.3 Å². The van der Waals surface area contributed by atoms with E-state index in [0.29, 0.717) is 25.0 Å². The van der Waals surface area contributed by atoms with Crippen LogP contribution in [0.15, 0.2) is 0 Å². The lowest BCUT2D eigenvalue weighted by atomic mass is 9.94. The number of nitrogens with zero attached hydrogens (tertiary/aromatic N) is 1. The third-order valence-corrected chi connectivity index (χ3v) is 3.83. The Balaban J connectivity index is 0.00000144. The van der Waals surface area contributed by atoms with Crippen molar-refractivity contribution in [3.05, 3.63) is 0 Å². The SMILES string of the molecule is CC1CN(C(=O)[C@@H]2CCC[C@@H]2CN)CCO1.Cl. The van der Waals surface area contributed by atoms with Gasteiger partial charge in [-0.05, 0) is 32.2 Å². The Hall–Kier alpha value is -0.320. The van der Waals surface area contributed by atoms with Crippen molar-refractivity contribution in [3.8, 4) is 0 Å². The Morgan fingerprint density at radius 1 is 1.47 bits per heavy atom. The topological polar surface area (TPSA) is 55.6 Å². The Morgan fingerprint density at radius 3 is 2.88 bits per heavy atom. The molecule has 0 aromatic carbocycles. The molecule has 5 heteroatoms. The summed E-state index contributed by atoms with van der Waals surface area (Å²) in [5, 5.41) is 0. The van der Waals surface area contributed by atoms with Gasteiger partial charge in [-0.15, -0.1) is 12.4 Å². The van der Waals surface area contributed by atoms with Crippen molar-refractivity contribution in [2.75, 3.05) is 26.2 Å². The van der Waals surface area contributed by atoms with E-state index in [-0.39, 0.29) is 24.4 Å². The molecule has 0 radical (unpaired) electrons. The van der Waals surface area contributed by atoms with Gasteiger partial charge in [-0.3, -0.25) is 4.79 Å². The zero-order valence-corrected chi connectivity index (χ0v) is 11.2. The largest absolute Gasteiger partial charge is 0.375 e. The lowest BCUT2D eigenvalue weighted by Crippen LogP contribution is -2.48. The average molecular weight is 263 g/mol. The van der Waals surface area contributed by atoms with Crippen molar-refractivity contribution < 1.29 is 9.53 Å². The highest BCUT2D eigenvalue weighted by Crippen LogP contribution is 2.32. The maximum atomic E-state index is 12.3. The first-order valence-electron chi connectivity index (χ1n) is 6.33. The van der Waals surface area contributed by atoms with E-state index in [2.05, 4.69) is 0 Å². The van der Waals surface area contributed by atoms with Gasteiger partial charge in [0.2, 0.25) is 5.91 Å². The van der Waals surface area contributed by atoms with E-state index >= 15 is 0 Å².